The molecule has 1 aliphatic rings. The van der Waals surface area contributed by atoms with Gasteiger partial charge in [0, 0.05) is 30.1 Å². The third kappa shape index (κ3) is 5.32. The summed E-state index contributed by atoms with van der Waals surface area (Å²) in [5.74, 6) is -1.04. The Morgan fingerprint density at radius 2 is 1.86 bits per heavy atom. The largest absolute Gasteiger partial charge is 0.416 e. The molecule has 0 aromatic heterocycles. The first kappa shape index (κ1) is 20.8. The van der Waals surface area contributed by atoms with Crippen molar-refractivity contribution in [1.29, 1.82) is 0 Å². The van der Waals surface area contributed by atoms with Crippen molar-refractivity contribution in [1.82, 2.24) is 10.2 Å². The van der Waals surface area contributed by atoms with E-state index in [9.17, 15) is 22.4 Å². The second-order valence-electron chi connectivity index (χ2n) is 6.85. The van der Waals surface area contributed by atoms with Gasteiger partial charge in [-0.15, -0.1) is 0 Å². The average Bonchev–Trinajstić information content (AvgIpc) is 2.65. The summed E-state index contributed by atoms with van der Waals surface area (Å²) in [6.45, 7) is 1.70. The highest BCUT2D eigenvalue weighted by Gasteiger charge is 2.30. The average molecular weight is 459 g/mol. The molecule has 8 heteroatoms. The predicted octanol–water partition coefficient (Wildman–Crippen LogP) is 5.00. The van der Waals surface area contributed by atoms with Crippen LogP contribution in [0.4, 0.5) is 17.6 Å². The predicted molar refractivity (Wildman–Crippen MR) is 101 cm³/mol. The van der Waals surface area contributed by atoms with Gasteiger partial charge in [0.15, 0.2) is 0 Å². The lowest BCUT2D eigenvalue weighted by Crippen LogP contribution is -2.44. The number of amides is 1. The molecule has 3 nitrogen and oxygen atoms in total. The van der Waals surface area contributed by atoms with Gasteiger partial charge in [0.05, 0.1) is 11.1 Å². The zero-order valence-corrected chi connectivity index (χ0v) is 16.5. The van der Waals surface area contributed by atoms with Crippen molar-refractivity contribution < 1.29 is 22.4 Å². The van der Waals surface area contributed by atoms with E-state index in [0.717, 1.165) is 6.07 Å². The Labute approximate surface area is 168 Å². The van der Waals surface area contributed by atoms with Gasteiger partial charge < -0.3 is 5.32 Å². The van der Waals surface area contributed by atoms with Crippen LogP contribution in [0.1, 0.15) is 34.3 Å². The second-order valence-corrected chi connectivity index (χ2v) is 7.76. The lowest BCUT2D eigenvalue weighted by Gasteiger charge is -2.32. The summed E-state index contributed by atoms with van der Waals surface area (Å²) in [5, 5.41) is 2.84. The monoisotopic (exact) mass is 458 g/mol. The highest BCUT2D eigenvalue weighted by atomic mass is 79.9. The van der Waals surface area contributed by atoms with Crippen LogP contribution in [0.3, 0.4) is 0 Å². The van der Waals surface area contributed by atoms with E-state index in [1.54, 1.807) is 6.07 Å². The summed E-state index contributed by atoms with van der Waals surface area (Å²) in [6.07, 6.45) is -3.05. The highest BCUT2D eigenvalue weighted by molar-refractivity contribution is 9.10. The molecule has 0 aliphatic carbocycles. The van der Waals surface area contributed by atoms with Gasteiger partial charge in [0.1, 0.15) is 5.82 Å². The van der Waals surface area contributed by atoms with Gasteiger partial charge in [-0.25, -0.2) is 4.39 Å². The highest BCUT2D eigenvalue weighted by Crippen LogP contribution is 2.30. The number of halogens is 5. The molecule has 2 aromatic rings. The van der Waals surface area contributed by atoms with Gasteiger partial charge in [0.25, 0.3) is 5.91 Å². The molecule has 0 unspecified atom stereocenters. The quantitative estimate of drug-likeness (QED) is 0.653. The molecule has 0 radical (unpaired) electrons. The molecule has 1 fully saturated rings. The summed E-state index contributed by atoms with van der Waals surface area (Å²) in [5.41, 5.74) is -0.0579. The Kier molecular flexibility index (Phi) is 6.40. The van der Waals surface area contributed by atoms with E-state index in [1.165, 1.54) is 30.3 Å². The van der Waals surface area contributed by atoms with Crippen LogP contribution in [0.25, 0.3) is 0 Å². The van der Waals surface area contributed by atoms with Crippen LogP contribution in [0, 0.1) is 5.82 Å². The van der Waals surface area contributed by atoms with Crippen LogP contribution in [0.15, 0.2) is 46.9 Å². The van der Waals surface area contributed by atoms with Gasteiger partial charge >= 0.3 is 6.18 Å². The Hall–Kier alpha value is -1.93. The topological polar surface area (TPSA) is 32.3 Å². The zero-order chi connectivity index (χ0) is 20.3. The molecule has 1 heterocycles. The molecular formula is C20H19BrF4N2O. The first-order chi connectivity index (χ1) is 13.2. The van der Waals surface area contributed by atoms with Crippen molar-refractivity contribution in [3.05, 3.63) is 69.4 Å². The molecule has 1 aliphatic heterocycles. The summed E-state index contributed by atoms with van der Waals surface area (Å²) >= 11 is 3.22. The minimum absolute atomic E-state index is 0.0132. The van der Waals surface area contributed by atoms with Crippen LogP contribution in [0.5, 0.6) is 0 Å². The van der Waals surface area contributed by atoms with Gasteiger partial charge in [-0.3, -0.25) is 9.69 Å². The van der Waals surface area contributed by atoms with Crippen LogP contribution in [0.2, 0.25) is 0 Å². The minimum Gasteiger partial charge on any atom is -0.349 e. The van der Waals surface area contributed by atoms with Gasteiger partial charge in [-0.1, -0.05) is 34.1 Å². The van der Waals surface area contributed by atoms with Crippen molar-refractivity contribution in [2.75, 3.05) is 13.1 Å². The number of piperidine rings is 1. The lowest BCUT2D eigenvalue weighted by atomic mass is 10.0. The third-order valence-electron chi connectivity index (χ3n) is 4.76. The van der Waals surface area contributed by atoms with Gasteiger partial charge in [-0.05, 0) is 42.7 Å². The fourth-order valence-electron chi connectivity index (χ4n) is 3.27. The number of hydrogen-bond acceptors (Lipinski definition) is 2. The molecular weight excluding hydrogens is 440 g/mol. The maximum atomic E-state index is 13.8. The number of likely N-dealkylation sites (tertiary alicyclic amines) is 1. The normalized spacial score (nSPS) is 16.2. The molecule has 1 amide bonds. The molecule has 0 spiro atoms. The van der Waals surface area contributed by atoms with Crippen LogP contribution in [-0.4, -0.2) is 29.9 Å². The number of rotatable bonds is 4. The minimum atomic E-state index is -4.35. The van der Waals surface area contributed by atoms with Crippen LogP contribution in [-0.2, 0) is 12.7 Å². The van der Waals surface area contributed by atoms with E-state index in [0.29, 0.717) is 42.5 Å². The molecule has 3 rings (SSSR count). The summed E-state index contributed by atoms with van der Waals surface area (Å²) in [4.78, 5) is 14.4. The summed E-state index contributed by atoms with van der Waals surface area (Å²) in [6, 6.07) is 9.43. The van der Waals surface area contributed by atoms with E-state index < -0.39 is 23.5 Å². The maximum Gasteiger partial charge on any atom is 0.416 e. The zero-order valence-electron chi connectivity index (χ0n) is 14.9. The molecule has 0 saturated carbocycles. The molecule has 1 N–H and O–H groups in total. The molecule has 0 atom stereocenters. The Morgan fingerprint density at radius 1 is 1.14 bits per heavy atom. The molecule has 28 heavy (non-hydrogen) atoms. The smallest absolute Gasteiger partial charge is 0.349 e. The summed E-state index contributed by atoms with van der Waals surface area (Å²) in [7, 11) is 0. The number of nitrogens with one attached hydrogen (secondary N) is 1. The van der Waals surface area contributed by atoms with Gasteiger partial charge in [-0.2, -0.15) is 13.2 Å². The van der Waals surface area contributed by atoms with Crippen molar-refractivity contribution in [2.24, 2.45) is 0 Å². The summed E-state index contributed by atoms with van der Waals surface area (Å²) < 4.78 is 52.9. The number of carbonyl (C=O) groups is 1. The van der Waals surface area contributed by atoms with Crippen molar-refractivity contribution in [2.45, 2.75) is 31.6 Å². The Morgan fingerprint density at radius 3 is 2.54 bits per heavy atom. The van der Waals surface area contributed by atoms with E-state index in [4.69, 9.17) is 0 Å². The maximum absolute atomic E-state index is 13.8. The number of carbonyl (C=O) groups excluding carboxylic acids is 1. The van der Waals surface area contributed by atoms with Crippen LogP contribution >= 0.6 is 15.9 Å². The number of benzene rings is 2. The first-order valence-corrected chi connectivity index (χ1v) is 9.66. The Balaban J connectivity index is 1.53. The molecule has 2 aromatic carbocycles. The lowest BCUT2D eigenvalue weighted by molar-refractivity contribution is -0.137. The standard InChI is InChI=1S/C20H19BrF4N2O/c21-15-4-5-18(22)17(11-15)19(28)26-16-6-8-27(9-7-16)12-13-2-1-3-14(10-13)20(23,24)25/h1-5,10-11,16H,6-9,12H2,(H,26,28). The molecule has 1 saturated heterocycles. The third-order valence-corrected chi connectivity index (χ3v) is 5.25. The van der Waals surface area contributed by atoms with E-state index in [-0.39, 0.29) is 11.6 Å². The van der Waals surface area contributed by atoms with Gasteiger partial charge in [0.2, 0.25) is 0 Å². The van der Waals surface area contributed by atoms with Crippen LogP contribution < -0.4 is 5.32 Å². The molecule has 150 valence electrons. The van der Waals surface area contributed by atoms with Crippen molar-refractivity contribution in [3.8, 4) is 0 Å². The van der Waals surface area contributed by atoms with Crippen molar-refractivity contribution in [3.63, 3.8) is 0 Å². The van der Waals surface area contributed by atoms with E-state index >= 15 is 0 Å². The van der Waals surface area contributed by atoms with Crippen molar-refractivity contribution >= 4 is 21.8 Å². The number of nitrogens with zero attached hydrogens (tertiary/aromatic N) is 1. The fraction of sp³-hybridized carbons (Fsp3) is 0.350. The fourth-order valence-corrected chi connectivity index (χ4v) is 3.64. The SMILES string of the molecule is O=C(NC1CCN(Cc2cccc(C(F)(F)F)c2)CC1)c1cc(Br)ccc1F. The Bertz CT molecular complexity index is 848. The number of alkyl halides is 3. The number of hydrogen-bond donors (Lipinski definition) is 1. The van der Waals surface area contributed by atoms with E-state index in [1.807, 2.05) is 0 Å². The van der Waals surface area contributed by atoms with E-state index in [2.05, 4.69) is 26.1 Å². The second kappa shape index (κ2) is 8.61. The molecule has 0 bridgehead atoms. The first-order valence-electron chi connectivity index (χ1n) is 8.87.